The molecule has 2 aliphatic rings. The minimum absolute atomic E-state index is 0.0587. The van der Waals surface area contributed by atoms with E-state index in [2.05, 4.69) is 10.2 Å². The molecule has 0 radical (unpaired) electrons. The average Bonchev–Trinajstić information content (AvgIpc) is 3.15. The third-order valence-electron chi connectivity index (χ3n) is 4.13. The maximum atomic E-state index is 12.5. The highest BCUT2D eigenvalue weighted by Gasteiger charge is 2.32. The van der Waals surface area contributed by atoms with Crippen LogP contribution in [0.15, 0.2) is 21.6 Å². The van der Waals surface area contributed by atoms with Crippen LogP contribution in [-0.2, 0) is 16.6 Å². The standard InChI is InChI=1S/C14H23N3O3S/c1-15-10-13-4-5-14(20-13)21(18,19)17-8-6-16(7-9-17)11-12-2-3-12/h4-5,12,15H,2-3,6-11H2,1H3. The first kappa shape index (κ1) is 15.0. The molecule has 0 aromatic carbocycles. The van der Waals surface area contributed by atoms with Crippen LogP contribution in [0.5, 0.6) is 0 Å². The molecule has 118 valence electrons. The molecule has 7 heteroatoms. The molecular weight excluding hydrogens is 290 g/mol. The molecule has 2 fully saturated rings. The third-order valence-corrected chi connectivity index (χ3v) is 5.90. The van der Waals surface area contributed by atoms with E-state index in [1.54, 1.807) is 23.5 Å². The highest BCUT2D eigenvalue weighted by Crippen LogP contribution is 2.30. The minimum atomic E-state index is -3.48. The van der Waals surface area contributed by atoms with E-state index in [0.717, 1.165) is 25.6 Å². The number of hydrogen-bond donors (Lipinski definition) is 1. The Morgan fingerprint density at radius 3 is 2.57 bits per heavy atom. The second kappa shape index (κ2) is 6.08. The van der Waals surface area contributed by atoms with Crippen LogP contribution in [0.25, 0.3) is 0 Å². The van der Waals surface area contributed by atoms with Crippen LogP contribution in [-0.4, -0.2) is 57.4 Å². The third kappa shape index (κ3) is 3.48. The molecule has 3 rings (SSSR count). The Kier molecular flexibility index (Phi) is 4.35. The molecule has 0 bridgehead atoms. The van der Waals surface area contributed by atoms with Crippen LogP contribution in [0.2, 0.25) is 0 Å². The monoisotopic (exact) mass is 313 g/mol. The fraction of sp³-hybridized carbons (Fsp3) is 0.714. The van der Waals surface area contributed by atoms with Crippen LogP contribution in [0.4, 0.5) is 0 Å². The Hall–Kier alpha value is -0.890. The molecule has 0 unspecified atom stereocenters. The maximum Gasteiger partial charge on any atom is 0.276 e. The molecule has 1 saturated carbocycles. The van der Waals surface area contributed by atoms with E-state index in [-0.39, 0.29) is 5.09 Å². The summed E-state index contributed by atoms with van der Waals surface area (Å²) in [5.41, 5.74) is 0. The zero-order valence-corrected chi connectivity index (χ0v) is 13.2. The fourth-order valence-corrected chi connectivity index (χ4v) is 4.06. The van der Waals surface area contributed by atoms with Gasteiger partial charge in [0.25, 0.3) is 10.0 Å². The van der Waals surface area contributed by atoms with Gasteiger partial charge in [0.05, 0.1) is 6.54 Å². The summed E-state index contributed by atoms with van der Waals surface area (Å²) in [5, 5.41) is 3.01. The summed E-state index contributed by atoms with van der Waals surface area (Å²) in [7, 11) is -1.68. The second-order valence-electron chi connectivity index (χ2n) is 5.90. The minimum Gasteiger partial charge on any atom is -0.447 e. The van der Waals surface area contributed by atoms with E-state index < -0.39 is 10.0 Å². The summed E-state index contributed by atoms with van der Waals surface area (Å²) in [6.45, 7) is 4.40. The van der Waals surface area contributed by atoms with Gasteiger partial charge in [0, 0.05) is 32.7 Å². The number of sulfonamides is 1. The Labute approximate surface area is 126 Å². The van der Waals surface area contributed by atoms with Crippen molar-refractivity contribution >= 4 is 10.0 Å². The lowest BCUT2D eigenvalue weighted by molar-refractivity contribution is 0.180. The Morgan fingerprint density at radius 1 is 1.24 bits per heavy atom. The molecule has 21 heavy (non-hydrogen) atoms. The second-order valence-corrected chi connectivity index (χ2v) is 7.77. The van der Waals surface area contributed by atoms with Crippen molar-refractivity contribution < 1.29 is 12.8 Å². The van der Waals surface area contributed by atoms with Gasteiger partial charge in [-0.3, -0.25) is 0 Å². The van der Waals surface area contributed by atoms with E-state index in [0.29, 0.717) is 25.4 Å². The van der Waals surface area contributed by atoms with Crippen molar-refractivity contribution in [3.8, 4) is 0 Å². The molecule has 1 aromatic heterocycles. The number of rotatable bonds is 6. The SMILES string of the molecule is CNCc1ccc(S(=O)(=O)N2CCN(CC3CC3)CC2)o1. The molecule has 0 amide bonds. The fourth-order valence-electron chi connectivity index (χ4n) is 2.71. The summed E-state index contributed by atoms with van der Waals surface area (Å²) in [6, 6.07) is 3.27. The van der Waals surface area contributed by atoms with Gasteiger partial charge in [0.1, 0.15) is 5.76 Å². The van der Waals surface area contributed by atoms with Gasteiger partial charge in [0.15, 0.2) is 0 Å². The van der Waals surface area contributed by atoms with Gasteiger partial charge >= 0.3 is 0 Å². The number of hydrogen-bond acceptors (Lipinski definition) is 5. The van der Waals surface area contributed by atoms with E-state index in [1.165, 1.54) is 12.8 Å². The summed E-state index contributed by atoms with van der Waals surface area (Å²) >= 11 is 0. The van der Waals surface area contributed by atoms with Crippen LogP contribution in [0.3, 0.4) is 0 Å². The highest BCUT2D eigenvalue weighted by atomic mass is 32.2. The van der Waals surface area contributed by atoms with Crippen molar-refractivity contribution in [3.05, 3.63) is 17.9 Å². The Bertz CT molecular complexity index is 572. The first-order valence-corrected chi connectivity index (χ1v) is 8.99. The zero-order valence-electron chi connectivity index (χ0n) is 12.4. The topological polar surface area (TPSA) is 65.8 Å². The quantitative estimate of drug-likeness (QED) is 0.838. The Balaban J connectivity index is 1.61. The number of furan rings is 1. The van der Waals surface area contributed by atoms with Gasteiger partial charge in [0.2, 0.25) is 5.09 Å². The smallest absolute Gasteiger partial charge is 0.276 e. The number of nitrogens with zero attached hydrogens (tertiary/aromatic N) is 2. The average molecular weight is 313 g/mol. The van der Waals surface area contributed by atoms with E-state index in [9.17, 15) is 8.42 Å². The predicted octanol–water partition coefficient (Wildman–Crippen LogP) is 0.715. The van der Waals surface area contributed by atoms with Gasteiger partial charge in [-0.15, -0.1) is 0 Å². The largest absolute Gasteiger partial charge is 0.447 e. The van der Waals surface area contributed by atoms with Gasteiger partial charge in [-0.2, -0.15) is 4.31 Å². The van der Waals surface area contributed by atoms with Crippen molar-refractivity contribution in [1.82, 2.24) is 14.5 Å². The van der Waals surface area contributed by atoms with Crippen molar-refractivity contribution in [2.24, 2.45) is 5.92 Å². The summed E-state index contributed by atoms with van der Waals surface area (Å²) in [6.07, 6.45) is 2.66. The van der Waals surface area contributed by atoms with Gasteiger partial charge in [-0.1, -0.05) is 0 Å². The lowest BCUT2D eigenvalue weighted by Gasteiger charge is -2.33. The molecule has 1 aromatic rings. The normalized spacial score (nSPS) is 21.8. The highest BCUT2D eigenvalue weighted by molar-refractivity contribution is 7.89. The van der Waals surface area contributed by atoms with Gasteiger partial charge in [-0.25, -0.2) is 8.42 Å². The van der Waals surface area contributed by atoms with Crippen molar-refractivity contribution in [1.29, 1.82) is 0 Å². The summed E-state index contributed by atoms with van der Waals surface area (Å²) < 4.78 is 32.1. The van der Waals surface area contributed by atoms with E-state index in [1.807, 2.05) is 0 Å². The zero-order chi connectivity index (χ0) is 14.9. The number of nitrogens with one attached hydrogen (secondary N) is 1. The molecule has 1 aliphatic heterocycles. The molecular formula is C14H23N3O3S. The van der Waals surface area contributed by atoms with Crippen molar-refractivity contribution in [2.45, 2.75) is 24.5 Å². The molecule has 1 saturated heterocycles. The van der Waals surface area contributed by atoms with Crippen LogP contribution >= 0.6 is 0 Å². The van der Waals surface area contributed by atoms with Gasteiger partial charge in [-0.05, 0) is 37.9 Å². The first-order valence-electron chi connectivity index (χ1n) is 7.55. The number of piperazine rings is 1. The predicted molar refractivity (Wildman–Crippen MR) is 79.4 cm³/mol. The lowest BCUT2D eigenvalue weighted by atomic mass is 10.3. The molecule has 0 spiro atoms. The summed E-state index contributed by atoms with van der Waals surface area (Å²) in [5.74, 6) is 1.49. The van der Waals surface area contributed by atoms with Crippen molar-refractivity contribution in [3.63, 3.8) is 0 Å². The van der Waals surface area contributed by atoms with Crippen molar-refractivity contribution in [2.75, 3.05) is 39.8 Å². The lowest BCUT2D eigenvalue weighted by Crippen LogP contribution is -2.48. The van der Waals surface area contributed by atoms with Crippen LogP contribution < -0.4 is 5.32 Å². The molecule has 2 heterocycles. The van der Waals surface area contributed by atoms with E-state index in [4.69, 9.17) is 4.42 Å². The maximum absolute atomic E-state index is 12.5. The van der Waals surface area contributed by atoms with E-state index >= 15 is 0 Å². The van der Waals surface area contributed by atoms with Crippen LogP contribution in [0, 0.1) is 5.92 Å². The molecule has 1 N–H and O–H groups in total. The Morgan fingerprint density at radius 2 is 1.95 bits per heavy atom. The first-order chi connectivity index (χ1) is 10.1. The van der Waals surface area contributed by atoms with Crippen LogP contribution in [0.1, 0.15) is 18.6 Å². The van der Waals surface area contributed by atoms with Gasteiger partial charge < -0.3 is 14.6 Å². The molecule has 0 atom stereocenters. The summed E-state index contributed by atoms with van der Waals surface area (Å²) in [4.78, 5) is 2.37. The molecule has 6 nitrogen and oxygen atoms in total. The molecule has 1 aliphatic carbocycles.